The second kappa shape index (κ2) is 39.5. The van der Waals surface area contributed by atoms with Crippen molar-refractivity contribution in [3.05, 3.63) is 570 Å². The number of anilines is 9. The summed E-state index contributed by atoms with van der Waals surface area (Å²) in [6.45, 7) is -0.00401. The number of hydrogen-bond donors (Lipinski definition) is 1. The Balaban J connectivity index is 0.000000115. The second-order valence-electron chi connectivity index (χ2n) is 36.7. The van der Waals surface area contributed by atoms with E-state index in [1.54, 1.807) is 0 Å². The largest absolute Gasteiger partial charge is 0.392 e. The number of aliphatic hydroxyl groups is 1. The van der Waals surface area contributed by atoms with Gasteiger partial charge in [-0.2, -0.15) is 0 Å². The van der Waals surface area contributed by atoms with E-state index in [0.717, 1.165) is 135 Å². The quantitative estimate of drug-likeness (QED) is 0.0813. The summed E-state index contributed by atoms with van der Waals surface area (Å²) in [6, 6.07) is 190. The van der Waals surface area contributed by atoms with Gasteiger partial charge in [-0.3, -0.25) is 15.0 Å². The van der Waals surface area contributed by atoms with E-state index in [2.05, 4.69) is 539 Å². The Labute approximate surface area is 852 Å². The van der Waals surface area contributed by atoms with Gasteiger partial charge in [-0.05, 0) is 274 Å². The van der Waals surface area contributed by atoms with Gasteiger partial charge >= 0.3 is 0 Å². The summed E-state index contributed by atoms with van der Waals surface area (Å²) >= 11 is 0. The Morgan fingerprint density at radius 3 is 0.755 bits per heavy atom. The highest BCUT2D eigenvalue weighted by molar-refractivity contribution is 6.20. The minimum Gasteiger partial charge on any atom is -0.392 e. The summed E-state index contributed by atoms with van der Waals surface area (Å²) in [5.41, 5.74) is 38.2. The van der Waals surface area contributed by atoms with Crippen molar-refractivity contribution in [3.8, 4) is 89.6 Å². The number of benzene rings is 20. The molecule has 11 nitrogen and oxygen atoms in total. The summed E-state index contributed by atoms with van der Waals surface area (Å²) in [6.07, 6.45) is 9.27. The standard InChI is InChI=1S/C48H34N4O.C47H33N3.C41H29N3/c53-32-33-19-23-35(24-20-33)50(36-27-29-38(30-28-36)51-43-14-4-1-10-39(43)40-11-2-5-15-44(40)51)46-17-9-18-47-48(46)41-12-3-6-16-45(41)52(47)37-25-21-34(22-26-37)42-13-7-8-31-49-42;1-3-11-34(12-4-1)35-20-22-36(23-21-35)37-24-28-41(29-25-37)49(40-14-5-2-6-15-40)45-18-9-19-46-47(45)43-16-7-8-17-44(43)50(46)42-30-26-38(27-31-42)39-13-10-32-48-33-39;1-3-11-30(12-4-1)31-20-24-35(25-21-31)43(34-14-5-2-6-15-34)39-18-9-19-40-41(39)37-16-7-8-17-38(37)44(40)36-26-22-32(23-27-36)33-13-10-28-42-29-33/h1-31,53H,32H2;1-33H;1-29H. The number of pyridine rings is 3. The zero-order valence-corrected chi connectivity index (χ0v) is 80.3. The maximum absolute atomic E-state index is 9.90. The molecule has 0 aliphatic rings. The predicted molar refractivity (Wildman–Crippen MR) is 613 cm³/mol. The lowest BCUT2D eigenvalue weighted by atomic mass is 10.00. The van der Waals surface area contributed by atoms with Crippen molar-refractivity contribution in [2.75, 3.05) is 14.7 Å². The van der Waals surface area contributed by atoms with Gasteiger partial charge in [-0.25, -0.2) is 0 Å². The van der Waals surface area contributed by atoms with Crippen LogP contribution in [0, 0.1) is 0 Å². The van der Waals surface area contributed by atoms with E-state index in [4.69, 9.17) is 0 Å². The third kappa shape index (κ3) is 17.0. The van der Waals surface area contributed by atoms with Crippen LogP contribution in [0.1, 0.15) is 5.56 Å². The molecule has 0 atom stereocenters. The monoisotopic (exact) mass is 1880 g/mol. The SMILES string of the molecule is OCc1ccc(N(c2ccc(-n3c4ccccc4c4ccccc43)cc2)c2cccc3c2c2ccccc2n3-c2ccc(-c3ccccn3)cc2)cc1.c1ccc(-c2ccc(-c3ccc(N(c4ccccc4)c4cccc5c4c4ccccc4n5-c4ccc(-c5cccnc5)cc4)cc3)cc2)cc1.c1ccc(-c2ccc(N(c3ccccc3)c3cccc4c3c3ccccc3n4-c3ccc(-c4cccnc4)cc3)cc2)cc1. The van der Waals surface area contributed by atoms with Crippen LogP contribution in [-0.4, -0.2) is 38.3 Å². The summed E-state index contributed by atoms with van der Waals surface area (Å²) in [5, 5.41) is 19.6. The van der Waals surface area contributed by atoms with Crippen molar-refractivity contribution >= 4 is 138 Å². The highest BCUT2D eigenvalue weighted by atomic mass is 16.3. The van der Waals surface area contributed by atoms with E-state index in [0.29, 0.717) is 0 Å². The fraction of sp³-hybridized carbons (Fsp3) is 0.00735. The first-order valence-corrected chi connectivity index (χ1v) is 49.7. The Morgan fingerprint density at radius 1 is 0.177 bits per heavy atom. The molecule has 0 radical (unpaired) electrons. The molecule has 0 saturated heterocycles. The van der Waals surface area contributed by atoms with Crippen LogP contribution in [-0.2, 0) is 6.61 Å². The molecule has 0 bridgehead atoms. The smallest absolute Gasteiger partial charge is 0.0701 e. The lowest BCUT2D eigenvalue weighted by Crippen LogP contribution is -2.11. The van der Waals surface area contributed by atoms with Crippen LogP contribution in [0.3, 0.4) is 0 Å². The second-order valence-corrected chi connectivity index (χ2v) is 36.7. The topological polar surface area (TPSA) is 88.3 Å². The predicted octanol–water partition coefficient (Wildman–Crippen LogP) is 35.5. The molecular weight excluding hydrogens is 1790 g/mol. The Bertz CT molecular complexity index is 9310. The van der Waals surface area contributed by atoms with E-state index in [9.17, 15) is 5.11 Å². The molecule has 7 aromatic heterocycles. The third-order valence-electron chi connectivity index (χ3n) is 28.1. The number of rotatable bonds is 20. The van der Waals surface area contributed by atoms with Crippen molar-refractivity contribution in [1.29, 1.82) is 0 Å². The highest BCUT2D eigenvalue weighted by Crippen LogP contribution is 2.50. The fourth-order valence-electron chi connectivity index (χ4n) is 21.2. The first kappa shape index (κ1) is 88.8. The molecule has 20 aromatic carbocycles. The fourth-order valence-corrected chi connectivity index (χ4v) is 21.2. The summed E-state index contributed by atoms with van der Waals surface area (Å²) in [7, 11) is 0. The van der Waals surface area contributed by atoms with Gasteiger partial charge in [0.1, 0.15) is 0 Å². The molecule has 0 aliphatic carbocycles. The van der Waals surface area contributed by atoms with Crippen molar-refractivity contribution < 1.29 is 5.11 Å². The van der Waals surface area contributed by atoms with Crippen molar-refractivity contribution in [2.24, 2.45) is 0 Å². The summed E-state index contributed by atoms with van der Waals surface area (Å²) < 4.78 is 9.46. The van der Waals surface area contributed by atoms with Crippen molar-refractivity contribution in [3.63, 3.8) is 0 Å². The molecular formula is C136H96N10O. The zero-order chi connectivity index (χ0) is 97.9. The van der Waals surface area contributed by atoms with Gasteiger partial charge in [-0.15, -0.1) is 0 Å². The molecule has 11 heteroatoms. The van der Waals surface area contributed by atoms with Crippen LogP contribution in [0.15, 0.2) is 565 Å². The Hall–Kier alpha value is -19.6. The summed E-state index contributed by atoms with van der Waals surface area (Å²) in [5.74, 6) is 0. The number of aliphatic hydroxyl groups excluding tert-OH is 1. The van der Waals surface area contributed by atoms with E-state index < -0.39 is 0 Å². The molecule has 0 fully saturated rings. The minimum absolute atomic E-state index is 0.00401. The number of aromatic nitrogens is 7. The van der Waals surface area contributed by atoms with Gasteiger partial charge in [0, 0.05) is 137 Å². The molecule has 147 heavy (non-hydrogen) atoms. The number of nitrogens with zero attached hydrogens (tertiary/aromatic N) is 10. The number of hydrogen-bond acceptors (Lipinski definition) is 7. The van der Waals surface area contributed by atoms with Crippen LogP contribution >= 0.6 is 0 Å². The van der Waals surface area contributed by atoms with E-state index in [-0.39, 0.29) is 6.61 Å². The lowest BCUT2D eigenvalue weighted by molar-refractivity contribution is 0.282. The van der Waals surface area contributed by atoms with Crippen LogP contribution in [0.4, 0.5) is 51.2 Å². The number of fused-ring (bicyclic) bond motifs is 12. The normalized spacial score (nSPS) is 11.3. The van der Waals surface area contributed by atoms with E-state index in [1.807, 2.05) is 73.4 Å². The highest BCUT2D eigenvalue weighted by Gasteiger charge is 2.27. The molecule has 27 rings (SSSR count). The lowest BCUT2D eigenvalue weighted by Gasteiger charge is -2.27. The van der Waals surface area contributed by atoms with Gasteiger partial charge in [-0.1, -0.05) is 322 Å². The first-order chi connectivity index (χ1) is 72.9. The molecule has 0 amide bonds. The summed E-state index contributed by atoms with van der Waals surface area (Å²) in [4.78, 5) is 20.3. The first-order valence-electron chi connectivity index (χ1n) is 49.7. The molecule has 696 valence electrons. The van der Waals surface area contributed by atoms with Crippen LogP contribution in [0.2, 0.25) is 0 Å². The average molecular weight is 1890 g/mol. The third-order valence-corrected chi connectivity index (χ3v) is 28.1. The van der Waals surface area contributed by atoms with Gasteiger partial charge < -0.3 is 38.1 Å². The average Bonchev–Trinajstić information content (AvgIpc) is 1.59. The maximum atomic E-state index is 9.90. The van der Waals surface area contributed by atoms with Crippen LogP contribution in [0.25, 0.3) is 177 Å². The molecule has 0 aliphatic heterocycles. The van der Waals surface area contributed by atoms with Crippen molar-refractivity contribution in [2.45, 2.75) is 6.61 Å². The van der Waals surface area contributed by atoms with Gasteiger partial charge in [0.05, 0.1) is 73.5 Å². The van der Waals surface area contributed by atoms with E-state index >= 15 is 0 Å². The van der Waals surface area contributed by atoms with Gasteiger partial charge in [0.15, 0.2) is 0 Å². The molecule has 0 unspecified atom stereocenters. The van der Waals surface area contributed by atoms with E-state index in [1.165, 1.54) is 98.7 Å². The van der Waals surface area contributed by atoms with Crippen LogP contribution in [0.5, 0.6) is 0 Å². The molecule has 1 N–H and O–H groups in total. The number of para-hydroxylation sites is 7. The molecule has 0 spiro atoms. The van der Waals surface area contributed by atoms with Crippen LogP contribution < -0.4 is 14.7 Å². The molecule has 7 heterocycles. The Morgan fingerprint density at radius 2 is 0.422 bits per heavy atom. The zero-order valence-electron chi connectivity index (χ0n) is 80.3. The molecule has 27 aromatic rings. The van der Waals surface area contributed by atoms with Crippen molar-refractivity contribution in [1.82, 2.24) is 33.2 Å². The minimum atomic E-state index is -0.00401. The maximum Gasteiger partial charge on any atom is 0.0701 e. The van der Waals surface area contributed by atoms with Gasteiger partial charge in [0.2, 0.25) is 0 Å². The Kier molecular flexibility index (Phi) is 23.9. The molecule has 0 saturated carbocycles. The van der Waals surface area contributed by atoms with Gasteiger partial charge in [0.25, 0.3) is 0 Å².